The lowest BCUT2D eigenvalue weighted by molar-refractivity contribution is -0.139. The Kier molecular flexibility index (Phi) is 7.58. The van der Waals surface area contributed by atoms with Gasteiger partial charge < -0.3 is 31.6 Å². The van der Waals surface area contributed by atoms with E-state index in [9.17, 15) is 19.5 Å². The number of carboxylic acid groups (broad SMARTS) is 1. The molecule has 0 saturated carbocycles. The second kappa shape index (κ2) is 10.8. The molecule has 11 nitrogen and oxygen atoms in total. The van der Waals surface area contributed by atoms with Crippen LogP contribution in [0.5, 0.6) is 0 Å². The summed E-state index contributed by atoms with van der Waals surface area (Å²) in [6.45, 7) is -0.288. The molecule has 0 bridgehead atoms. The van der Waals surface area contributed by atoms with Crippen molar-refractivity contribution in [1.82, 2.24) is 10.6 Å². The summed E-state index contributed by atoms with van der Waals surface area (Å²) in [5, 5.41) is 28.1. The maximum Gasteiger partial charge on any atom is 0.328 e. The summed E-state index contributed by atoms with van der Waals surface area (Å²) in [5.41, 5.74) is 7.99. The Hall–Kier alpha value is -4.41. The number of oxime groups is 1. The van der Waals surface area contributed by atoms with E-state index in [0.717, 1.165) is 5.56 Å². The van der Waals surface area contributed by atoms with Crippen molar-refractivity contribution in [2.24, 2.45) is 10.9 Å². The number of amidine groups is 1. The van der Waals surface area contributed by atoms with Crippen molar-refractivity contribution in [3.63, 3.8) is 0 Å². The average molecular weight is 452 g/mol. The first-order valence-electron chi connectivity index (χ1n) is 10.1. The standard InChI is InChI=1S/C22H24N6O5/c23-20(24)14-8-6-13(7-9-14)17-10-16(33-28-17)11-19(29)25-12-18(21(30)31)27-22(32)26-15-4-2-1-3-5-15/h1-9,16,18H,10-12H2,(H3,23,24)(H,25,29)(H,30,31)(H2,26,27,32)/t16?,18-/m0/s1. The number of hydrogen-bond donors (Lipinski definition) is 6. The molecule has 0 radical (unpaired) electrons. The Balaban J connectivity index is 1.44. The number of benzene rings is 2. The van der Waals surface area contributed by atoms with Crippen molar-refractivity contribution in [2.45, 2.75) is 25.0 Å². The van der Waals surface area contributed by atoms with Gasteiger partial charge in [-0.2, -0.15) is 0 Å². The maximum absolute atomic E-state index is 12.3. The van der Waals surface area contributed by atoms with Crippen LogP contribution in [0.25, 0.3) is 0 Å². The molecule has 11 heteroatoms. The Morgan fingerprint density at radius 2 is 1.85 bits per heavy atom. The van der Waals surface area contributed by atoms with Crippen LogP contribution in [0.15, 0.2) is 59.8 Å². The summed E-state index contributed by atoms with van der Waals surface area (Å²) in [4.78, 5) is 41.1. The number of nitrogens with two attached hydrogens (primary N) is 1. The number of nitrogens with zero attached hydrogens (tertiary/aromatic N) is 1. The Labute approximate surface area is 189 Å². The molecule has 33 heavy (non-hydrogen) atoms. The third kappa shape index (κ3) is 6.79. The molecule has 2 aromatic rings. The van der Waals surface area contributed by atoms with E-state index in [-0.39, 0.29) is 18.8 Å². The van der Waals surface area contributed by atoms with Crippen LogP contribution in [0.4, 0.5) is 10.5 Å². The minimum atomic E-state index is -1.31. The first-order valence-corrected chi connectivity index (χ1v) is 10.1. The van der Waals surface area contributed by atoms with Gasteiger partial charge in [0, 0.05) is 24.2 Å². The fourth-order valence-electron chi connectivity index (χ4n) is 3.09. The van der Waals surface area contributed by atoms with Gasteiger partial charge >= 0.3 is 12.0 Å². The Morgan fingerprint density at radius 3 is 2.48 bits per heavy atom. The molecule has 1 heterocycles. The zero-order valence-electron chi connectivity index (χ0n) is 17.6. The van der Waals surface area contributed by atoms with Gasteiger partial charge in [-0.25, -0.2) is 9.59 Å². The summed E-state index contributed by atoms with van der Waals surface area (Å²) >= 11 is 0. The van der Waals surface area contributed by atoms with E-state index in [0.29, 0.717) is 23.4 Å². The SMILES string of the molecule is N=C(N)c1ccc(C2=NOC(CC(=O)NC[C@H](NC(=O)Nc3ccccc3)C(=O)O)C2)cc1. The highest BCUT2D eigenvalue weighted by Crippen LogP contribution is 2.19. The largest absolute Gasteiger partial charge is 0.480 e. The first-order chi connectivity index (χ1) is 15.8. The summed E-state index contributed by atoms with van der Waals surface area (Å²) in [6, 6.07) is 13.5. The predicted octanol–water partition coefficient (Wildman–Crippen LogP) is 1.24. The number of rotatable bonds is 9. The molecule has 0 aromatic heterocycles. The van der Waals surface area contributed by atoms with Crippen LogP contribution in [0, 0.1) is 5.41 Å². The van der Waals surface area contributed by atoms with Crippen molar-refractivity contribution in [2.75, 3.05) is 11.9 Å². The summed E-state index contributed by atoms with van der Waals surface area (Å²) in [6.07, 6.45) is -0.126. The molecular weight excluding hydrogens is 428 g/mol. The number of carboxylic acids is 1. The van der Waals surface area contributed by atoms with Crippen LogP contribution in [0.2, 0.25) is 0 Å². The molecule has 1 aliphatic heterocycles. The number of nitrogen functional groups attached to an aromatic ring is 1. The zero-order chi connectivity index (χ0) is 23.8. The molecule has 1 aliphatic rings. The van der Waals surface area contributed by atoms with E-state index in [4.69, 9.17) is 16.0 Å². The average Bonchev–Trinajstić information content (AvgIpc) is 3.25. The first kappa shape index (κ1) is 23.3. The highest BCUT2D eigenvalue weighted by molar-refractivity contribution is 6.03. The van der Waals surface area contributed by atoms with Crippen molar-refractivity contribution in [1.29, 1.82) is 5.41 Å². The predicted molar refractivity (Wildman–Crippen MR) is 121 cm³/mol. The third-order valence-electron chi connectivity index (χ3n) is 4.81. The summed E-state index contributed by atoms with van der Waals surface area (Å²) in [5.74, 6) is -1.75. The van der Waals surface area contributed by atoms with Gasteiger partial charge in [-0.3, -0.25) is 10.2 Å². The lowest BCUT2D eigenvalue weighted by Crippen LogP contribution is -2.50. The topological polar surface area (TPSA) is 179 Å². The molecular formula is C22H24N6O5. The lowest BCUT2D eigenvalue weighted by Gasteiger charge is -2.16. The summed E-state index contributed by atoms with van der Waals surface area (Å²) < 4.78 is 0. The van der Waals surface area contributed by atoms with Gasteiger partial charge in [-0.15, -0.1) is 0 Å². The molecule has 3 rings (SSSR count). The number of para-hydroxylation sites is 1. The van der Waals surface area contributed by atoms with Gasteiger partial charge in [0.1, 0.15) is 18.0 Å². The molecule has 0 saturated heterocycles. The van der Waals surface area contributed by atoms with Crippen LogP contribution in [-0.2, 0) is 14.4 Å². The maximum atomic E-state index is 12.3. The van der Waals surface area contributed by atoms with Crippen molar-refractivity contribution >= 4 is 35.1 Å². The fraction of sp³-hybridized carbons (Fsp3) is 0.227. The van der Waals surface area contributed by atoms with E-state index >= 15 is 0 Å². The molecule has 1 unspecified atom stereocenters. The highest BCUT2D eigenvalue weighted by atomic mass is 16.6. The number of hydrogen-bond acceptors (Lipinski definition) is 6. The number of urea groups is 1. The number of carbonyl (C=O) groups excluding carboxylic acids is 2. The molecule has 0 aliphatic carbocycles. The van der Waals surface area contributed by atoms with Gasteiger partial charge in [0.15, 0.2) is 0 Å². The van der Waals surface area contributed by atoms with Gasteiger partial charge in [-0.05, 0) is 17.7 Å². The van der Waals surface area contributed by atoms with Crippen LogP contribution in [0.3, 0.4) is 0 Å². The lowest BCUT2D eigenvalue weighted by atomic mass is 10.0. The normalized spacial score (nSPS) is 15.5. The van der Waals surface area contributed by atoms with Crippen molar-refractivity contribution < 1.29 is 24.3 Å². The highest BCUT2D eigenvalue weighted by Gasteiger charge is 2.26. The Bertz CT molecular complexity index is 1050. The quantitative estimate of drug-likeness (QED) is 0.246. The van der Waals surface area contributed by atoms with Gasteiger partial charge in [0.2, 0.25) is 5.91 Å². The number of carbonyl (C=O) groups is 3. The van der Waals surface area contributed by atoms with E-state index in [1.165, 1.54) is 0 Å². The van der Waals surface area contributed by atoms with Crippen LogP contribution < -0.4 is 21.7 Å². The van der Waals surface area contributed by atoms with Gasteiger partial charge in [0.05, 0.1) is 12.1 Å². The van der Waals surface area contributed by atoms with Crippen LogP contribution in [0.1, 0.15) is 24.0 Å². The monoisotopic (exact) mass is 452 g/mol. The number of amides is 3. The van der Waals surface area contributed by atoms with E-state index in [1.54, 1.807) is 54.6 Å². The fourth-order valence-corrected chi connectivity index (χ4v) is 3.09. The molecule has 2 atom stereocenters. The molecule has 0 spiro atoms. The minimum absolute atomic E-state index is 0.0267. The molecule has 7 N–H and O–H groups in total. The zero-order valence-corrected chi connectivity index (χ0v) is 17.6. The van der Waals surface area contributed by atoms with Crippen molar-refractivity contribution in [3.05, 3.63) is 65.7 Å². The second-order valence-electron chi connectivity index (χ2n) is 7.32. The minimum Gasteiger partial charge on any atom is -0.480 e. The second-order valence-corrected chi connectivity index (χ2v) is 7.32. The smallest absolute Gasteiger partial charge is 0.328 e. The Morgan fingerprint density at radius 1 is 1.15 bits per heavy atom. The van der Waals surface area contributed by atoms with E-state index in [1.807, 2.05) is 0 Å². The molecule has 0 fully saturated rings. The van der Waals surface area contributed by atoms with Crippen LogP contribution >= 0.6 is 0 Å². The van der Waals surface area contributed by atoms with E-state index in [2.05, 4.69) is 21.1 Å². The number of anilines is 1. The molecule has 172 valence electrons. The molecule has 3 amide bonds. The van der Waals surface area contributed by atoms with Gasteiger partial charge in [0.25, 0.3) is 0 Å². The van der Waals surface area contributed by atoms with Gasteiger partial charge in [-0.1, -0.05) is 47.6 Å². The number of nitrogens with one attached hydrogen (secondary N) is 4. The van der Waals surface area contributed by atoms with Crippen LogP contribution in [-0.4, -0.2) is 53.3 Å². The molecule has 2 aromatic carbocycles. The number of aliphatic carboxylic acids is 1. The van der Waals surface area contributed by atoms with Crippen molar-refractivity contribution in [3.8, 4) is 0 Å². The van der Waals surface area contributed by atoms with E-state index < -0.39 is 30.1 Å². The third-order valence-corrected chi connectivity index (χ3v) is 4.81. The summed E-state index contributed by atoms with van der Waals surface area (Å²) in [7, 11) is 0.